The lowest BCUT2D eigenvalue weighted by molar-refractivity contribution is 0.625. The molecule has 0 aliphatic heterocycles. The van der Waals surface area contributed by atoms with Gasteiger partial charge in [-0.3, -0.25) is 0 Å². The molecule has 4 nitrogen and oxygen atoms in total. The Hall–Kier alpha value is -1.62. The molecular formula is C18H23BrN4. The largest absolute Gasteiger partial charge is 0.350 e. The molecule has 2 aromatic rings. The van der Waals surface area contributed by atoms with Crippen LogP contribution in [0, 0.1) is 6.92 Å². The lowest BCUT2D eigenvalue weighted by Gasteiger charge is -2.21. The number of benzene rings is 1. The number of hydrogen-bond donors (Lipinski definition) is 2. The Morgan fingerprint density at radius 1 is 1.17 bits per heavy atom. The van der Waals surface area contributed by atoms with E-state index >= 15 is 0 Å². The summed E-state index contributed by atoms with van der Waals surface area (Å²) in [6.07, 6.45) is 2.45. The van der Waals surface area contributed by atoms with Gasteiger partial charge in [0, 0.05) is 27.7 Å². The van der Waals surface area contributed by atoms with Gasteiger partial charge in [-0.1, -0.05) is 22.0 Å². The molecule has 0 amide bonds. The molecule has 0 spiro atoms. The van der Waals surface area contributed by atoms with Gasteiger partial charge >= 0.3 is 0 Å². The number of anilines is 3. The molecule has 0 bridgehead atoms. The summed E-state index contributed by atoms with van der Waals surface area (Å²) in [5.74, 6) is 2.12. The summed E-state index contributed by atoms with van der Waals surface area (Å²) in [6, 6.07) is 8.21. The number of nitrogens with one attached hydrogen (secondary N) is 2. The Balaban J connectivity index is 1.92. The molecular weight excluding hydrogens is 352 g/mol. The van der Waals surface area contributed by atoms with Crippen molar-refractivity contribution in [1.29, 1.82) is 0 Å². The molecule has 0 unspecified atom stereocenters. The summed E-state index contributed by atoms with van der Waals surface area (Å²) in [5, 5.41) is 6.83. The molecule has 1 saturated carbocycles. The monoisotopic (exact) mass is 374 g/mol. The Bertz CT molecular complexity index is 717. The molecule has 122 valence electrons. The van der Waals surface area contributed by atoms with Gasteiger partial charge < -0.3 is 10.6 Å². The molecule has 1 heterocycles. The predicted octanol–water partition coefficient (Wildman–Crippen LogP) is 5.38. The van der Waals surface area contributed by atoms with Crippen LogP contribution in [-0.4, -0.2) is 15.5 Å². The molecule has 0 saturated heterocycles. The quantitative estimate of drug-likeness (QED) is 0.753. The normalized spacial score (nSPS) is 14.7. The smallest absolute Gasteiger partial charge is 0.225 e. The maximum Gasteiger partial charge on any atom is 0.225 e. The van der Waals surface area contributed by atoms with Gasteiger partial charge in [-0.15, -0.1) is 0 Å². The maximum absolute atomic E-state index is 4.69. The van der Waals surface area contributed by atoms with Crippen LogP contribution in [0.2, 0.25) is 0 Å². The van der Waals surface area contributed by atoms with Gasteiger partial charge in [0.1, 0.15) is 5.82 Å². The molecule has 23 heavy (non-hydrogen) atoms. The fourth-order valence-corrected chi connectivity index (χ4v) is 2.76. The van der Waals surface area contributed by atoms with Gasteiger partial charge in [-0.25, -0.2) is 4.98 Å². The van der Waals surface area contributed by atoms with Crippen molar-refractivity contribution in [2.45, 2.75) is 52.0 Å². The van der Waals surface area contributed by atoms with Gasteiger partial charge in [-0.05, 0) is 58.2 Å². The molecule has 1 aromatic heterocycles. The second kappa shape index (κ2) is 6.11. The minimum atomic E-state index is -0.0643. The fourth-order valence-electron chi connectivity index (χ4n) is 2.39. The number of aromatic nitrogens is 2. The highest BCUT2D eigenvalue weighted by Gasteiger charge is 2.26. The first-order chi connectivity index (χ1) is 10.8. The lowest BCUT2D eigenvalue weighted by Crippen LogP contribution is -2.27. The second-order valence-corrected chi connectivity index (χ2v) is 8.04. The van der Waals surface area contributed by atoms with Crippen molar-refractivity contribution in [3.05, 3.63) is 40.0 Å². The molecule has 0 radical (unpaired) electrons. The van der Waals surface area contributed by atoms with E-state index in [1.807, 2.05) is 12.1 Å². The second-order valence-electron chi connectivity index (χ2n) is 7.19. The highest BCUT2D eigenvalue weighted by molar-refractivity contribution is 9.10. The van der Waals surface area contributed by atoms with Crippen LogP contribution in [0.15, 0.2) is 28.7 Å². The van der Waals surface area contributed by atoms with Gasteiger partial charge in [0.15, 0.2) is 0 Å². The minimum absolute atomic E-state index is 0.0643. The van der Waals surface area contributed by atoms with Crippen molar-refractivity contribution in [3.8, 4) is 0 Å². The van der Waals surface area contributed by atoms with E-state index in [-0.39, 0.29) is 5.54 Å². The zero-order chi connectivity index (χ0) is 16.6. The van der Waals surface area contributed by atoms with Crippen molar-refractivity contribution in [2.75, 3.05) is 10.6 Å². The molecule has 3 rings (SSSR count). The zero-order valence-electron chi connectivity index (χ0n) is 14.1. The first kappa shape index (κ1) is 16.2. The van der Waals surface area contributed by atoms with Crippen LogP contribution in [0.1, 0.15) is 50.8 Å². The Labute approximate surface area is 146 Å². The van der Waals surface area contributed by atoms with E-state index in [1.54, 1.807) is 0 Å². The highest BCUT2D eigenvalue weighted by atomic mass is 79.9. The van der Waals surface area contributed by atoms with E-state index in [4.69, 9.17) is 4.98 Å². The zero-order valence-corrected chi connectivity index (χ0v) is 15.7. The Morgan fingerprint density at radius 3 is 2.57 bits per heavy atom. The van der Waals surface area contributed by atoms with Crippen molar-refractivity contribution in [2.24, 2.45) is 0 Å². The summed E-state index contributed by atoms with van der Waals surface area (Å²) >= 11 is 3.58. The summed E-state index contributed by atoms with van der Waals surface area (Å²) in [7, 11) is 0. The lowest BCUT2D eigenvalue weighted by atomic mass is 10.1. The van der Waals surface area contributed by atoms with Crippen molar-refractivity contribution in [1.82, 2.24) is 9.97 Å². The molecule has 1 aliphatic carbocycles. The van der Waals surface area contributed by atoms with E-state index in [1.165, 1.54) is 18.4 Å². The van der Waals surface area contributed by atoms with Crippen LogP contribution in [0.25, 0.3) is 0 Å². The SMILES string of the molecule is Cc1c(Br)cccc1Nc1cc(C2CC2)nc(NC(C)(C)C)n1. The highest BCUT2D eigenvalue weighted by Crippen LogP contribution is 2.40. The summed E-state index contributed by atoms with van der Waals surface area (Å²) in [4.78, 5) is 9.34. The molecule has 1 aliphatic rings. The molecule has 0 atom stereocenters. The minimum Gasteiger partial charge on any atom is -0.350 e. The third-order valence-electron chi connectivity index (χ3n) is 3.76. The molecule has 5 heteroatoms. The average Bonchev–Trinajstić information content (AvgIpc) is 3.26. The first-order valence-electron chi connectivity index (χ1n) is 8.01. The molecule has 2 N–H and O–H groups in total. The number of rotatable bonds is 4. The van der Waals surface area contributed by atoms with Crippen LogP contribution in [0.3, 0.4) is 0 Å². The van der Waals surface area contributed by atoms with E-state index in [0.717, 1.165) is 21.7 Å². The van der Waals surface area contributed by atoms with Crippen molar-refractivity contribution < 1.29 is 0 Å². The van der Waals surface area contributed by atoms with Crippen LogP contribution >= 0.6 is 15.9 Å². The topological polar surface area (TPSA) is 49.8 Å². The van der Waals surface area contributed by atoms with Gasteiger partial charge in [-0.2, -0.15) is 4.98 Å². The Kier molecular flexibility index (Phi) is 4.32. The standard InChI is InChI=1S/C18H23BrN4/c1-11-13(19)6-5-7-14(11)20-16-10-15(12-8-9-12)21-17(22-16)23-18(2,3)4/h5-7,10,12H,8-9H2,1-4H3,(H2,20,21,22,23). The van der Waals surface area contributed by atoms with Crippen LogP contribution < -0.4 is 10.6 Å². The first-order valence-corrected chi connectivity index (χ1v) is 8.80. The number of halogens is 1. The van der Waals surface area contributed by atoms with E-state index < -0.39 is 0 Å². The van der Waals surface area contributed by atoms with Gasteiger partial charge in [0.05, 0.1) is 5.69 Å². The average molecular weight is 375 g/mol. The summed E-state index contributed by atoms with van der Waals surface area (Å²) in [6.45, 7) is 8.44. The number of hydrogen-bond acceptors (Lipinski definition) is 4. The third-order valence-corrected chi connectivity index (χ3v) is 4.62. The van der Waals surface area contributed by atoms with Crippen LogP contribution in [-0.2, 0) is 0 Å². The van der Waals surface area contributed by atoms with E-state index in [9.17, 15) is 0 Å². The van der Waals surface area contributed by atoms with Gasteiger partial charge in [0.2, 0.25) is 5.95 Å². The summed E-state index contributed by atoms with van der Waals surface area (Å²) in [5.41, 5.74) is 3.29. The number of nitrogens with zero attached hydrogens (tertiary/aromatic N) is 2. The molecule has 1 fully saturated rings. The van der Waals surface area contributed by atoms with Crippen LogP contribution in [0.5, 0.6) is 0 Å². The van der Waals surface area contributed by atoms with E-state index in [2.05, 4.69) is 71.4 Å². The third kappa shape index (κ3) is 4.22. The van der Waals surface area contributed by atoms with Gasteiger partial charge in [0.25, 0.3) is 0 Å². The predicted molar refractivity (Wildman–Crippen MR) is 99.5 cm³/mol. The van der Waals surface area contributed by atoms with Crippen molar-refractivity contribution in [3.63, 3.8) is 0 Å². The van der Waals surface area contributed by atoms with Crippen LogP contribution in [0.4, 0.5) is 17.5 Å². The molecule has 1 aromatic carbocycles. The summed E-state index contributed by atoms with van der Waals surface area (Å²) < 4.78 is 1.09. The van der Waals surface area contributed by atoms with Crippen molar-refractivity contribution >= 4 is 33.4 Å². The van der Waals surface area contributed by atoms with E-state index in [0.29, 0.717) is 11.9 Å². The Morgan fingerprint density at radius 2 is 1.91 bits per heavy atom. The fraction of sp³-hybridized carbons (Fsp3) is 0.444. The maximum atomic E-state index is 4.69.